The lowest BCUT2D eigenvalue weighted by molar-refractivity contribution is 0.171. The van der Waals surface area contributed by atoms with Crippen molar-refractivity contribution in [3.63, 3.8) is 0 Å². The number of likely N-dealkylation sites (N-methyl/N-ethyl adjacent to an activating group) is 1. The lowest BCUT2D eigenvalue weighted by Crippen LogP contribution is -2.45. The molecule has 1 saturated heterocycles. The Hall–Kier alpha value is -1.84. The molecule has 0 saturated carbocycles. The molecular formula is C18H22N2O. The van der Waals surface area contributed by atoms with Gasteiger partial charge in [-0.1, -0.05) is 37.3 Å². The predicted molar refractivity (Wildman–Crippen MR) is 86.4 cm³/mol. The number of phenols is 1. The summed E-state index contributed by atoms with van der Waals surface area (Å²) >= 11 is 0. The van der Waals surface area contributed by atoms with Crippen LogP contribution in [0.5, 0.6) is 5.75 Å². The lowest BCUT2D eigenvalue weighted by Gasteiger charge is -2.35. The van der Waals surface area contributed by atoms with Gasteiger partial charge in [-0.25, -0.2) is 0 Å². The molecule has 0 bridgehead atoms. The van der Waals surface area contributed by atoms with Crippen LogP contribution in [-0.4, -0.2) is 36.2 Å². The van der Waals surface area contributed by atoms with Crippen molar-refractivity contribution in [2.24, 2.45) is 0 Å². The van der Waals surface area contributed by atoms with Crippen LogP contribution in [0.3, 0.4) is 0 Å². The van der Waals surface area contributed by atoms with Gasteiger partial charge in [0, 0.05) is 25.7 Å². The molecule has 3 heteroatoms. The molecule has 2 aliphatic carbocycles. The number of nitrogens with zero attached hydrogens (tertiary/aromatic N) is 1. The van der Waals surface area contributed by atoms with Crippen LogP contribution in [-0.2, 0) is 0 Å². The van der Waals surface area contributed by atoms with Crippen LogP contribution in [0.25, 0.3) is 11.1 Å². The van der Waals surface area contributed by atoms with Gasteiger partial charge >= 0.3 is 0 Å². The van der Waals surface area contributed by atoms with Crippen molar-refractivity contribution in [1.29, 1.82) is 0 Å². The molecule has 3 aliphatic rings. The number of fused-ring (bicyclic) bond motifs is 1. The SMILES string of the molecule is CCN1CCNCC1c1ccc(O)cc1.c1cc2cc-2c1. The summed E-state index contributed by atoms with van der Waals surface area (Å²) in [6.07, 6.45) is 0. The quantitative estimate of drug-likeness (QED) is 0.758. The first-order chi connectivity index (χ1) is 10.3. The van der Waals surface area contributed by atoms with Crippen molar-refractivity contribution >= 4 is 0 Å². The fourth-order valence-corrected chi connectivity index (χ4v) is 2.83. The Labute approximate surface area is 126 Å². The Morgan fingerprint density at radius 1 is 1.14 bits per heavy atom. The molecular weight excluding hydrogens is 260 g/mol. The van der Waals surface area contributed by atoms with E-state index < -0.39 is 0 Å². The highest BCUT2D eigenvalue weighted by Gasteiger charge is 2.21. The minimum atomic E-state index is 0.338. The molecule has 0 aromatic heterocycles. The Bertz CT molecular complexity index is 577. The second kappa shape index (κ2) is 6.29. The lowest BCUT2D eigenvalue weighted by atomic mass is 10.0. The van der Waals surface area contributed by atoms with Gasteiger partial charge in [-0.3, -0.25) is 4.90 Å². The highest BCUT2D eigenvalue weighted by molar-refractivity contribution is 5.80. The van der Waals surface area contributed by atoms with Crippen molar-refractivity contribution < 1.29 is 5.11 Å². The second-order valence-corrected chi connectivity index (χ2v) is 5.52. The molecule has 110 valence electrons. The third-order valence-corrected chi connectivity index (χ3v) is 4.15. The Kier molecular flexibility index (Phi) is 4.23. The number of piperazine rings is 1. The molecule has 1 aliphatic heterocycles. The number of hydrogen-bond acceptors (Lipinski definition) is 3. The normalized spacial score (nSPS) is 19.6. The summed E-state index contributed by atoms with van der Waals surface area (Å²) in [4.78, 5) is 2.46. The predicted octanol–water partition coefficient (Wildman–Crippen LogP) is 3.03. The van der Waals surface area contributed by atoms with Gasteiger partial charge in [0.25, 0.3) is 0 Å². The first kappa shape index (κ1) is 14.1. The van der Waals surface area contributed by atoms with Gasteiger partial charge in [-0.05, 0) is 41.4 Å². The molecule has 0 radical (unpaired) electrons. The van der Waals surface area contributed by atoms with Gasteiger partial charge in [0.05, 0.1) is 0 Å². The minimum Gasteiger partial charge on any atom is -0.508 e. The number of nitrogens with one attached hydrogen (secondary N) is 1. The summed E-state index contributed by atoms with van der Waals surface area (Å²) in [6.45, 7) is 6.44. The Balaban J connectivity index is 0.000000180. The van der Waals surface area contributed by atoms with Gasteiger partial charge in [0.1, 0.15) is 5.75 Å². The number of rotatable bonds is 2. The molecule has 4 rings (SSSR count). The van der Waals surface area contributed by atoms with Gasteiger partial charge in [-0.15, -0.1) is 0 Å². The summed E-state index contributed by atoms with van der Waals surface area (Å²) in [7, 11) is 0. The van der Waals surface area contributed by atoms with Crippen LogP contribution in [0.2, 0.25) is 0 Å². The highest BCUT2D eigenvalue weighted by Crippen LogP contribution is 2.32. The van der Waals surface area contributed by atoms with Gasteiger partial charge in [-0.2, -0.15) is 0 Å². The third-order valence-electron chi connectivity index (χ3n) is 4.15. The summed E-state index contributed by atoms with van der Waals surface area (Å²) < 4.78 is 0. The molecule has 0 spiro atoms. The molecule has 0 amide bonds. The van der Waals surface area contributed by atoms with Crippen molar-refractivity contribution in [2.75, 3.05) is 26.2 Å². The van der Waals surface area contributed by atoms with E-state index in [1.807, 2.05) is 12.1 Å². The van der Waals surface area contributed by atoms with Gasteiger partial charge in [0.2, 0.25) is 0 Å². The second-order valence-electron chi connectivity index (χ2n) is 5.52. The van der Waals surface area contributed by atoms with Crippen molar-refractivity contribution in [2.45, 2.75) is 13.0 Å². The maximum atomic E-state index is 9.25. The van der Waals surface area contributed by atoms with E-state index in [9.17, 15) is 5.11 Å². The smallest absolute Gasteiger partial charge is 0.115 e. The highest BCUT2D eigenvalue weighted by atomic mass is 16.3. The number of hydrogen-bond donors (Lipinski definition) is 2. The molecule has 1 atom stereocenters. The Morgan fingerprint density at radius 2 is 1.86 bits per heavy atom. The summed E-state index contributed by atoms with van der Waals surface area (Å²) in [6, 6.07) is 16.5. The minimum absolute atomic E-state index is 0.338. The molecule has 1 fully saturated rings. The zero-order chi connectivity index (χ0) is 14.7. The fraction of sp³-hybridized carbons (Fsp3) is 0.333. The summed E-state index contributed by atoms with van der Waals surface area (Å²) in [5.74, 6) is 0.338. The molecule has 1 unspecified atom stereocenters. The van der Waals surface area contributed by atoms with Crippen LogP contribution in [0.1, 0.15) is 18.5 Å². The molecule has 3 nitrogen and oxygen atoms in total. The van der Waals surface area contributed by atoms with E-state index in [-0.39, 0.29) is 0 Å². The average Bonchev–Trinajstić information content (AvgIpc) is 3.14. The maximum absolute atomic E-state index is 9.25. The van der Waals surface area contributed by atoms with Crippen LogP contribution < -0.4 is 5.32 Å². The largest absolute Gasteiger partial charge is 0.508 e. The van der Waals surface area contributed by atoms with Gasteiger partial charge in [0.15, 0.2) is 0 Å². The van der Waals surface area contributed by atoms with E-state index in [4.69, 9.17) is 0 Å². The number of benzene rings is 2. The zero-order valence-electron chi connectivity index (χ0n) is 12.4. The average molecular weight is 282 g/mol. The number of phenolic OH excluding ortho intramolecular Hbond substituents is 1. The molecule has 2 N–H and O–H groups in total. The molecule has 1 heterocycles. The standard InChI is InChI=1S/C12H18N2O.C6H4/c1-2-14-8-7-13-9-12(14)10-3-5-11(15)6-4-10;1-2-5-4-6(5)3-1/h3-6,12-13,15H,2,7-9H2,1H3;1-4H. The fourth-order valence-electron chi connectivity index (χ4n) is 2.83. The topological polar surface area (TPSA) is 35.5 Å². The van der Waals surface area contributed by atoms with E-state index in [1.54, 1.807) is 12.1 Å². The van der Waals surface area contributed by atoms with Crippen molar-refractivity contribution in [3.8, 4) is 16.9 Å². The monoisotopic (exact) mass is 282 g/mol. The Morgan fingerprint density at radius 3 is 2.38 bits per heavy atom. The van der Waals surface area contributed by atoms with Crippen molar-refractivity contribution in [1.82, 2.24) is 10.2 Å². The van der Waals surface area contributed by atoms with E-state index in [0.717, 1.165) is 26.2 Å². The van der Waals surface area contributed by atoms with Crippen LogP contribution in [0.4, 0.5) is 0 Å². The zero-order valence-corrected chi connectivity index (χ0v) is 12.4. The van der Waals surface area contributed by atoms with Crippen LogP contribution in [0, 0.1) is 0 Å². The number of aromatic hydroxyl groups is 1. The first-order valence-corrected chi connectivity index (χ1v) is 7.62. The molecule has 21 heavy (non-hydrogen) atoms. The van der Waals surface area contributed by atoms with Crippen LogP contribution >= 0.6 is 0 Å². The van der Waals surface area contributed by atoms with E-state index in [2.05, 4.69) is 41.4 Å². The van der Waals surface area contributed by atoms with E-state index in [0.29, 0.717) is 11.8 Å². The first-order valence-electron chi connectivity index (χ1n) is 7.62. The van der Waals surface area contributed by atoms with Crippen LogP contribution in [0.15, 0.2) is 48.5 Å². The van der Waals surface area contributed by atoms with E-state index >= 15 is 0 Å². The summed E-state index contributed by atoms with van der Waals surface area (Å²) in [5.41, 5.74) is 4.13. The van der Waals surface area contributed by atoms with Crippen molar-refractivity contribution in [3.05, 3.63) is 54.1 Å². The maximum Gasteiger partial charge on any atom is 0.115 e. The summed E-state index contributed by atoms with van der Waals surface area (Å²) in [5, 5.41) is 12.7. The molecule has 1 aromatic rings. The van der Waals surface area contributed by atoms with E-state index in [1.165, 1.54) is 16.7 Å². The molecule has 1 aromatic carbocycles. The third kappa shape index (κ3) is 3.43. The van der Waals surface area contributed by atoms with Gasteiger partial charge < -0.3 is 10.4 Å².